The summed E-state index contributed by atoms with van der Waals surface area (Å²) < 4.78 is 1.86. The number of pyridine rings is 1. The Hall–Kier alpha value is -2.42. The maximum Gasteiger partial charge on any atom is 0.163 e. The summed E-state index contributed by atoms with van der Waals surface area (Å²) in [5, 5.41) is 24.9. The maximum atomic E-state index is 10.2. The van der Waals surface area contributed by atoms with Gasteiger partial charge in [-0.1, -0.05) is 13.8 Å². The van der Waals surface area contributed by atoms with Crippen molar-refractivity contribution in [2.75, 3.05) is 30.3 Å². The average Bonchev–Trinajstić information content (AvgIpc) is 3.16. The SMILES string of the molecule is CC(C)c1cnn2c(NCc3ccncc3)cc(NC[C@H]3CCNC[C@@H]3O)nc12.Cl. The van der Waals surface area contributed by atoms with Crippen molar-refractivity contribution in [3.05, 3.63) is 47.9 Å². The Kier molecular flexibility index (Phi) is 7.47. The molecule has 3 aromatic rings. The normalized spacial score (nSPS) is 18.9. The predicted octanol–water partition coefficient (Wildman–Crippen LogP) is 2.66. The zero-order chi connectivity index (χ0) is 20.2. The molecule has 0 aliphatic carbocycles. The molecule has 1 fully saturated rings. The fourth-order valence-electron chi connectivity index (χ4n) is 3.67. The molecule has 1 aliphatic heterocycles. The molecule has 4 heterocycles. The van der Waals surface area contributed by atoms with Crippen LogP contribution in [0.1, 0.15) is 37.3 Å². The predicted molar refractivity (Wildman–Crippen MR) is 121 cm³/mol. The zero-order valence-electron chi connectivity index (χ0n) is 17.4. The van der Waals surface area contributed by atoms with Gasteiger partial charge in [-0.25, -0.2) is 4.98 Å². The van der Waals surface area contributed by atoms with Gasteiger partial charge in [0.1, 0.15) is 11.6 Å². The first kappa shape index (κ1) is 22.3. The largest absolute Gasteiger partial charge is 0.391 e. The van der Waals surface area contributed by atoms with Gasteiger partial charge in [-0.15, -0.1) is 12.4 Å². The number of hydrogen-bond donors (Lipinski definition) is 4. The van der Waals surface area contributed by atoms with Crippen molar-refractivity contribution in [3.63, 3.8) is 0 Å². The Morgan fingerprint density at radius 2 is 2.07 bits per heavy atom. The van der Waals surface area contributed by atoms with Gasteiger partial charge in [0, 0.05) is 49.6 Å². The molecule has 1 aliphatic rings. The third-order valence-corrected chi connectivity index (χ3v) is 5.48. The molecule has 9 heteroatoms. The number of β-amino-alcohol motifs (C(OH)–C–C–N with tert-alkyl or cyclic N) is 1. The van der Waals surface area contributed by atoms with Gasteiger partial charge in [0.15, 0.2) is 5.65 Å². The monoisotopic (exact) mass is 431 g/mol. The lowest BCUT2D eigenvalue weighted by atomic mass is 9.95. The third-order valence-electron chi connectivity index (χ3n) is 5.48. The highest BCUT2D eigenvalue weighted by molar-refractivity contribution is 5.85. The van der Waals surface area contributed by atoms with Crippen LogP contribution >= 0.6 is 12.4 Å². The van der Waals surface area contributed by atoms with Crippen LogP contribution in [-0.4, -0.2) is 50.4 Å². The third kappa shape index (κ3) is 5.00. The molecule has 0 unspecified atom stereocenters. The summed E-state index contributed by atoms with van der Waals surface area (Å²) in [6, 6.07) is 5.97. The summed E-state index contributed by atoms with van der Waals surface area (Å²) in [5.41, 5.74) is 3.11. The molecule has 1 saturated heterocycles. The fourth-order valence-corrected chi connectivity index (χ4v) is 3.67. The van der Waals surface area contributed by atoms with E-state index in [-0.39, 0.29) is 24.4 Å². The Morgan fingerprint density at radius 3 is 2.80 bits per heavy atom. The lowest BCUT2D eigenvalue weighted by Crippen LogP contribution is -2.43. The number of hydrogen-bond acceptors (Lipinski definition) is 7. The Bertz CT molecular complexity index is 947. The van der Waals surface area contributed by atoms with Crippen LogP contribution in [0.4, 0.5) is 11.6 Å². The van der Waals surface area contributed by atoms with E-state index in [1.807, 2.05) is 28.9 Å². The zero-order valence-corrected chi connectivity index (χ0v) is 18.2. The molecule has 4 N–H and O–H groups in total. The minimum atomic E-state index is -0.328. The fraction of sp³-hybridized carbons (Fsp3) is 0.476. The Balaban J connectivity index is 0.00000256. The second-order valence-electron chi connectivity index (χ2n) is 7.93. The van der Waals surface area contributed by atoms with Crippen molar-refractivity contribution < 1.29 is 5.11 Å². The highest BCUT2D eigenvalue weighted by Crippen LogP contribution is 2.25. The summed E-state index contributed by atoms with van der Waals surface area (Å²) in [6.07, 6.45) is 6.10. The molecular weight excluding hydrogens is 402 g/mol. The maximum absolute atomic E-state index is 10.2. The second-order valence-corrected chi connectivity index (χ2v) is 7.93. The summed E-state index contributed by atoms with van der Waals surface area (Å²) in [7, 11) is 0. The number of nitrogens with one attached hydrogen (secondary N) is 3. The molecule has 162 valence electrons. The average molecular weight is 432 g/mol. The minimum absolute atomic E-state index is 0. The number of aliphatic hydroxyl groups is 1. The molecule has 0 amide bonds. The van der Waals surface area contributed by atoms with Gasteiger partial charge in [-0.2, -0.15) is 9.61 Å². The van der Waals surface area contributed by atoms with Gasteiger partial charge in [0.2, 0.25) is 0 Å². The van der Waals surface area contributed by atoms with Crippen molar-refractivity contribution in [1.82, 2.24) is 24.9 Å². The van der Waals surface area contributed by atoms with Crippen LogP contribution in [0.25, 0.3) is 5.65 Å². The van der Waals surface area contributed by atoms with Crippen LogP contribution in [0.15, 0.2) is 36.8 Å². The van der Waals surface area contributed by atoms with E-state index >= 15 is 0 Å². The molecule has 8 nitrogen and oxygen atoms in total. The lowest BCUT2D eigenvalue weighted by molar-refractivity contribution is 0.0883. The molecule has 2 atom stereocenters. The first-order valence-corrected chi connectivity index (χ1v) is 10.3. The highest BCUT2D eigenvalue weighted by atomic mass is 35.5. The van der Waals surface area contributed by atoms with E-state index in [1.54, 1.807) is 12.4 Å². The minimum Gasteiger partial charge on any atom is -0.391 e. The van der Waals surface area contributed by atoms with E-state index in [0.717, 1.165) is 41.4 Å². The molecule has 30 heavy (non-hydrogen) atoms. The number of nitrogens with zero attached hydrogens (tertiary/aromatic N) is 4. The number of aliphatic hydroxyl groups excluding tert-OH is 1. The standard InChI is InChI=1S/C21H29N7O.ClH/c1-14(2)17-12-26-28-20(25-10-15-3-6-22-7-4-15)9-19(27-21(17)28)24-11-16-5-8-23-13-18(16)29;/h3-4,6-7,9,12,14,16,18,23,25,29H,5,8,10-11,13H2,1-2H3,(H,24,27);1H/t16-,18+;/m1./s1. The van der Waals surface area contributed by atoms with Crippen LogP contribution < -0.4 is 16.0 Å². The molecule has 0 aromatic carbocycles. The van der Waals surface area contributed by atoms with Gasteiger partial charge in [-0.05, 0) is 36.6 Å². The van der Waals surface area contributed by atoms with Gasteiger partial charge < -0.3 is 21.1 Å². The number of fused-ring (bicyclic) bond motifs is 1. The smallest absolute Gasteiger partial charge is 0.163 e. The van der Waals surface area contributed by atoms with E-state index in [9.17, 15) is 5.11 Å². The quantitative estimate of drug-likeness (QED) is 0.456. The number of halogens is 1. The van der Waals surface area contributed by atoms with Gasteiger partial charge in [-0.3, -0.25) is 4.98 Å². The molecule has 0 saturated carbocycles. The topological polar surface area (TPSA) is 99.4 Å². The van der Waals surface area contributed by atoms with Crippen molar-refractivity contribution in [2.45, 2.75) is 38.8 Å². The van der Waals surface area contributed by atoms with Crippen molar-refractivity contribution in [3.8, 4) is 0 Å². The Labute approximate surface area is 182 Å². The van der Waals surface area contributed by atoms with Crippen LogP contribution in [0.2, 0.25) is 0 Å². The first-order chi connectivity index (χ1) is 14.1. The molecule has 3 aromatic heterocycles. The van der Waals surface area contributed by atoms with Crippen molar-refractivity contribution in [2.24, 2.45) is 5.92 Å². The number of piperidine rings is 1. The van der Waals surface area contributed by atoms with Gasteiger partial charge >= 0.3 is 0 Å². The van der Waals surface area contributed by atoms with Gasteiger partial charge in [0.25, 0.3) is 0 Å². The van der Waals surface area contributed by atoms with Crippen LogP contribution in [0.5, 0.6) is 0 Å². The van der Waals surface area contributed by atoms with E-state index in [2.05, 4.69) is 39.9 Å². The molecule has 0 bridgehead atoms. The Morgan fingerprint density at radius 1 is 1.27 bits per heavy atom. The highest BCUT2D eigenvalue weighted by Gasteiger charge is 2.23. The van der Waals surface area contributed by atoms with Crippen molar-refractivity contribution >= 4 is 29.7 Å². The van der Waals surface area contributed by atoms with Crippen LogP contribution in [-0.2, 0) is 6.54 Å². The van der Waals surface area contributed by atoms with E-state index in [4.69, 9.17) is 4.98 Å². The summed E-state index contributed by atoms with van der Waals surface area (Å²) in [4.78, 5) is 8.90. The second kappa shape index (κ2) is 10.1. The molecular formula is C21H30ClN7O. The first-order valence-electron chi connectivity index (χ1n) is 10.3. The van der Waals surface area contributed by atoms with Crippen LogP contribution in [0, 0.1) is 5.92 Å². The van der Waals surface area contributed by atoms with E-state index in [0.29, 0.717) is 25.6 Å². The number of rotatable bonds is 7. The van der Waals surface area contributed by atoms with E-state index < -0.39 is 0 Å². The molecule has 4 rings (SSSR count). The molecule has 0 radical (unpaired) electrons. The molecule has 0 spiro atoms. The van der Waals surface area contributed by atoms with Crippen molar-refractivity contribution in [1.29, 1.82) is 0 Å². The summed E-state index contributed by atoms with van der Waals surface area (Å²) in [6.45, 7) is 7.25. The van der Waals surface area contributed by atoms with Gasteiger partial charge in [0.05, 0.1) is 12.3 Å². The van der Waals surface area contributed by atoms with Crippen LogP contribution in [0.3, 0.4) is 0 Å². The number of anilines is 2. The summed E-state index contributed by atoms with van der Waals surface area (Å²) >= 11 is 0. The lowest BCUT2D eigenvalue weighted by Gasteiger charge is -2.28. The summed E-state index contributed by atoms with van der Waals surface area (Å²) in [5.74, 6) is 2.22. The van der Waals surface area contributed by atoms with E-state index in [1.165, 1.54) is 0 Å². The number of aromatic nitrogens is 4.